The van der Waals surface area contributed by atoms with Crippen LogP contribution in [0.15, 0.2) is 0 Å². The molecule has 7 heavy (non-hydrogen) atoms. The van der Waals surface area contributed by atoms with Crippen LogP contribution in [0.3, 0.4) is 0 Å². The van der Waals surface area contributed by atoms with Crippen molar-refractivity contribution in [3.05, 3.63) is 0 Å². The molecule has 0 rings (SSSR count). The van der Waals surface area contributed by atoms with Crippen molar-refractivity contribution in [1.82, 2.24) is 0 Å². The fraction of sp³-hybridized carbons (Fsp3) is 0.833. The lowest BCUT2D eigenvalue weighted by Crippen LogP contribution is -1.72. The van der Waals surface area contributed by atoms with Gasteiger partial charge in [-0.05, 0) is 20.8 Å². The van der Waals surface area contributed by atoms with E-state index in [4.69, 9.17) is 0 Å². The largest absolute Gasteiger partial charge is 0.103 e. The zero-order valence-corrected chi connectivity index (χ0v) is 6.33. The van der Waals surface area contributed by atoms with Crippen molar-refractivity contribution in [2.45, 2.75) is 20.8 Å². The second kappa shape index (κ2) is 4.33. The topological polar surface area (TPSA) is 0 Å². The van der Waals surface area contributed by atoms with E-state index in [0.29, 0.717) is 7.55 Å². The lowest BCUT2D eigenvalue weighted by atomic mass is 10.9. The van der Waals surface area contributed by atoms with E-state index in [2.05, 4.69) is 26.6 Å². The molecule has 1 heteroatoms. The fourth-order valence-corrected chi connectivity index (χ4v) is 1.77. The van der Waals surface area contributed by atoms with E-state index in [1.165, 1.54) is 12.3 Å². The van der Waals surface area contributed by atoms with Crippen LogP contribution >= 0.6 is 7.55 Å². The minimum Gasteiger partial charge on any atom is -0.0243 e. The zero-order chi connectivity index (χ0) is 5.70. The molecule has 42 valence electrons. The van der Waals surface area contributed by atoms with Gasteiger partial charge < -0.3 is 0 Å². The summed E-state index contributed by atoms with van der Waals surface area (Å²) in [5.74, 6) is 2.34. The SMILES string of the molecule is CC=[P+](CC)CC. The van der Waals surface area contributed by atoms with Crippen LogP contribution in [0.4, 0.5) is 0 Å². The Bertz CT molecular complexity index is 58.6. The lowest BCUT2D eigenvalue weighted by Gasteiger charge is -1.79. The molecule has 0 fully saturated rings. The molecule has 0 radical (unpaired) electrons. The van der Waals surface area contributed by atoms with E-state index >= 15 is 0 Å². The molecule has 0 amide bonds. The summed E-state index contributed by atoms with van der Waals surface area (Å²) in [6, 6.07) is 0. The minimum atomic E-state index is 0.321. The molecule has 0 aromatic rings. The Hall–Kier alpha value is 0.170. The highest BCUT2D eigenvalue weighted by molar-refractivity contribution is 7.57. The summed E-state index contributed by atoms with van der Waals surface area (Å²) in [7, 11) is 0.321. The summed E-state index contributed by atoms with van der Waals surface area (Å²) in [5, 5.41) is 0. The van der Waals surface area contributed by atoms with Gasteiger partial charge in [0, 0.05) is 0 Å². The monoisotopic (exact) mass is 117 g/mol. The molecule has 0 N–H and O–H groups in total. The van der Waals surface area contributed by atoms with Gasteiger partial charge in [-0.1, -0.05) is 0 Å². The maximum Gasteiger partial charge on any atom is 0.103 e. The van der Waals surface area contributed by atoms with Gasteiger partial charge in [-0.2, -0.15) is 0 Å². The maximum absolute atomic E-state index is 2.34. The summed E-state index contributed by atoms with van der Waals surface area (Å²) < 4.78 is 0. The Labute approximate surface area is 47.3 Å². The van der Waals surface area contributed by atoms with Gasteiger partial charge >= 0.3 is 0 Å². The molecule has 0 nitrogen and oxygen atoms in total. The Balaban J connectivity index is 3.38. The maximum atomic E-state index is 2.34. The summed E-state index contributed by atoms with van der Waals surface area (Å²) in [6.45, 7) is 6.68. The van der Waals surface area contributed by atoms with Crippen LogP contribution in [-0.2, 0) is 0 Å². The number of hydrogen-bond donors (Lipinski definition) is 0. The van der Waals surface area contributed by atoms with E-state index in [9.17, 15) is 0 Å². The van der Waals surface area contributed by atoms with Crippen molar-refractivity contribution < 1.29 is 0 Å². The van der Waals surface area contributed by atoms with Crippen molar-refractivity contribution in [2.24, 2.45) is 0 Å². The third kappa shape index (κ3) is 2.82. The van der Waals surface area contributed by atoms with E-state index in [1.54, 1.807) is 0 Å². The van der Waals surface area contributed by atoms with Crippen LogP contribution in [0.2, 0.25) is 0 Å². The van der Waals surface area contributed by atoms with Crippen LogP contribution in [0.25, 0.3) is 0 Å². The normalized spacial score (nSPS) is 8.43. The Kier molecular flexibility index (Phi) is 4.44. The number of rotatable bonds is 2. The van der Waals surface area contributed by atoms with Crippen LogP contribution in [0.5, 0.6) is 0 Å². The van der Waals surface area contributed by atoms with Crippen molar-refractivity contribution in [2.75, 3.05) is 12.3 Å². The first-order valence-electron chi connectivity index (χ1n) is 2.88. The first kappa shape index (κ1) is 7.17. The molecule has 0 bridgehead atoms. The summed E-state index contributed by atoms with van der Waals surface area (Å²) in [5.41, 5.74) is 0. The molecule has 0 spiro atoms. The summed E-state index contributed by atoms with van der Waals surface area (Å²) >= 11 is 0. The average molecular weight is 117 g/mol. The standard InChI is InChI=1S/C6H14P/c1-4-7(5-2)6-3/h4H,5-6H2,1-3H3/q+1. The van der Waals surface area contributed by atoms with Gasteiger partial charge in [0.1, 0.15) is 12.3 Å². The predicted molar refractivity (Wildman–Crippen MR) is 39.7 cm³/mol. The molecule has 0 saturated heterocycles. The molecule has 0 aliphatic rings. The van der Waals surface area contributed by atoms with Crippen LogP contribution < -0.4 is 0 Å². The van der Waals surface area contributed by atoms with E-state index in [1.807, 2.05) is 0 Å². The van der Waals surface area contributed by atoms with Crippen LogP contribution in [0, 0.1) is 0 Å². The molecule has 0 aliphatic heterocycles. The van der Waals surface area contributed by atoms with Crippen molar-refractivity contribution >= 4 is 13.3 Å². The second-order valence-electron chi connectivity index (χ2n) is 1.48. The molecule has 0 saturated carbocycles. The smallest absolute Gasteiger partial charge is 0.0243 e. The first-order valence-corrected chi connectivity index (χ1v) is 4.66. The molecular weight excluding hydrogens is 103 g/mol. The van der Waals surface area contributed by atoms with Crippen molar-refractivity contribution in [3.8, 4) is 0 Å². The fourth-order valence-electron chi connectivity index (χ4n) is 0.589. The highest BCUT2D eigenvalue weighted by atomic mass is 31.1. The highest BCUT2D eigenvalue weighted by Gasteiger charge is 1.95. The van der Waals surface area contributed by atoms with Gasteiger partial charge in [0.25, 0.3) is 0 Å². The van der Waals surface area contributed by atoms with Gasteiger partial charge in [0.05, 0.1) is 13.3 Å². The van der Waals surface area contributed by atoms with Gasteiger partial charge in [-0.3, -0.25) is 0 Å². The van der Waals surface area contributed by atoms with E-state index in [0.717, 1.165) is 0 Å². The van der Waals surface area contributed by atoms with Crippen molar-refractivity contribution in [3.63, 3.8) is 0 Å². The molecular formula is C6H14P+. The molecule has 0 heterocycles. The molecule has 0 aliphatic carbocycles. The molecule has 0 atom stereocenters. The van der Waals surface area contributed by atoms with E-state index in [-0.39, 0.29) is 0 Å². The Morgan fingerprint density at radius 1 is 1.29 bits per heavy atom. The zero-order valence-electron chi connectivity index (χ0n) is 5.44. The molecule has 0 aromatic carbocycles. The lowest BCUT2D eigenvalue weighted by molar-refractivity contribution is 1.44. The summed E-state index contributed by atoms with van der Waals surface area (Å²) in [6.07, 6.45) is 2.73. The summed E-state index contributed by atoms with van der Waals surface area (Å²) in [4.78, 5) is 0. The van der Waals surface area contributed by atoms with Gasteiger partial charge in [-0.25, -0.2) is 0 Å². The van der Waals surface area contributed by atoms with Gasteiger partial charge in [-0.15, -0.1) is 0 Å². The second-order valence-corrected chi connectivity index (χ2v) is 4.44. The third-order valence-electron chi connectivity index (χ3n) is 1.18. The van der Waals surface area contributed by atoms with E-state index < -0.39 is 0 Å². The first-order chi connectivity index (χ1) is 3.35. The molecule has 0 aromatic heterocycles. The highest BCUT2D eigenvalue weighted by Crippen LogP contribution is 2.18. The van der Waals surface area contributed by atoms with Crippen molar-refractivity contribution in [1.29, 1.82) is 0 Å². The molecule has 0 unspecified atom stereocenters. The van der Waals surface area contributed by atoms with Crippen LogP contribution in [-0.4, -0.2) is 18.1 Å². The van der Waals surface area contributed by atoms with Crippen LogP contribution in [0.1, 0.15) is 20.8 Å². The quantitative estimate of drug-likeness (QED) is 0.487. The third-order valence-corrected chi connectivity index (χ3v) is 3.53. The Morgan fingerprint density at radius 2 is 1.71 bits per heavy atom. The van der Waals surface area contributed by atoms with Gasteiger partial charge in [0.15, 0.2) is 0 Å². The minimum absolute atomic E-state index is 0.321. The number of hydrogen-bond acceptors (Lipinski definition) is 0. The van der Waals surface area contributed by atoms with Gasteiger partial charge in [0.2, 0.25) is 0 Å². The predicted octanol–water partition coefficient (Wildman–Crippen LogP) is 2.33. The Morgan fingerprint density at radius 3 is 1.71 bits per heavy atom. The average Bonchev–Trinajstić information content (AvgIpc) is 1.72.